The summed E-state index contributed by atoms with van der Waals surface area (Å²) >= 11 is 3.68. The molecule has 28 heavy (non-hydrogen) atoms. The maximum atomic E-state index is 10.9. The van der Waals surface area contributed by atoms with Gasteiger partial charge in [0.05, 0.1) is 0 Å². The van der Waals surface area contributed by atoms with Crippen LogP contribution in [0.4, 0.5) is 5.95 Å². The Hall–Kier alpha value is -3.00. The van der Waals surface area contributed by atoms with E-state index in [2.05, 4.69) is 59.7 Å². The summed E-state index contributed by atoms with van der Waals surface area (Å²) in [5.41, 5.74) is 3.21. The van der Waals surface area contributed by atoms with Crippen molar-refractivity contribution in [1.29, 1.82) is 0 Å². The van der Waals surface area contributed by atoms with E-state index >= 15 is 0 Å². The van der Waals surface area contributed by atoms with Crippen LogP contribution in [0.15, 0.2) is 59.3 Å². The largest absolute Gasteiger partial charge is 0.458 e. The van der Waals surface area contributed by atoms with E-state index in [4.69, 9.17) is 4.74 Å². The van der Waals surface area contributed by atoms with Gasteiger partial charge in [-0.3, -0.25) is 4.79 Å². The standard InChI is InChI=1S/C20H20BrN5O2/c1-14(27)22-10-11-23-19-24-13-25-20(26-19)28-12-16-8-5-9-17(18(16)21)15-6-3-2-4-7-15/h2-9,13H,10-12H2,1H3,(H,22,27)(H,23,24,25,26). The number of benzene rings is 2. The third-order valence-electron chi connectivity index (χ3n) is 3.85. The third kappa shape index (κ3) is 5.50. The summed E-state index contributed by atoms with van der Waals surface area (Å²) in [5, 5.41) is 5.71. The molecule has 3 rings (SSSR count). The lowest BCUT2D eigenvalue weighted by Crippen LogP contribution is -2.26. The van der Waals surface area contributed by atoms with Gasteiger partial charge in [-0.2, -0.15) is 9.97 Å². The number of carbonyl (C=O) groups excluding carboxylic acids is 1. The lowest BCUT2D eigenvalue weighted by atomic mass is 10.0. The highest BCUT2D eigenvalue weighted by Gasteiger charge is 2.09. The van der Waals surface area contributed by atoms with Gasteiger partial charge in [-0.1, -0.05) is 48.5 Å². The Morgan fingerprint density at radius 2 is 1.89 bits per heavy atom. The second kappa shape index (κ2) is 9.80. The second-order valence-electron chi connectivity index (χ2n) is 5.93. The first-order chi connectivity index (χ1) is 13.6. The lowest BCUT2D eigenvalue weighted by Gasteiger charge is -2.11. The Morgan fingerprint density at radius 3 is 2.68 bits per heavy atom. The fourth-order valence-corrected chi connectivity index (χ4v) is 3.13. The van der Waals surface area contributed by atoms with E-state index in [0.717, 1.165) is 21.2 Å². The first-order valence-corrected chi connectivity index (χ1v) is 9.56. The molecular formula is C20H20BrN5O2. The average Bonchev–Trinajstić information content (AvgIpc) is 2.71. The zero-order valence-electron chi connectivity index (χ0n) is 15.4. The third-order valence-corrected chi connectivity index (χ3v) is 4.79. The summed E-state index contributed by atoms with van der Waals surface area (Å²) in [6.45, 7) is 2.78. The van der Waals surface area contributed by atoms with Gasteiger partial charge in [0, 0.05) is 30.0 Å². The van der Waals surface area contributed by atoms with Gasteiger partial charge in [0.1, 0.15) is 12.9 Å². The summed E-state index contributed by atoms with van der Waals surface area (Å²) in [6.07, 6.45) is 1.39. The van der Waals surface area contributed by atoms with Crippen LogP contribution in [0.5, 0.6) is 6.01 Å². The highest BCUT2D eigenvalue weighted by atomic mass is 79.9. The van der Waals surface area contributed by atoms with Gasteiger partial charge < -0.3 is 15.4 Å². The monoisotopic (exact) mass is 441 g/mol. The Kier molecular flexibility index (Phi) is 6.91. The summed E-state index contributed by atoms with van der Waals surface area (Å²) < 4.78 is 6.72. The molecule has 0 unspecified atom stereocenters. The van der Waals surface area contributed by atoms with Gasteiger partial charge in [0.25, 0.3) is 0 Å². The van der Waals surface area contributed by atoms with Crippen molar-refractivity contribution in [1.82, 2.24) is 20.3 Å². The molecule has 0 saturated heterocycles. The number of nitrogens with zero attached hydrogens (tertiary/aromatic N) is 3. The second-order valence-corrected chi connectivity index (χ2v) is 6.73. The fraction of sp³-hybridized carbons (Fsp3) is 0.200. The number of hydrogen-bond donors (Lipinski definition) is 2. The van der Waals surface area contributed by atoms with E-state index in [0.29, 0.717) is 25.6 Å². The minimum atomic E-state index is -0.0789. The number of hydrogen-bond acceptors (Lipinski definition) is 6. The number of carbonyl (C=O) groups is 1. The molecule has 0 aliphatic carbocycles. The maximum absolute atomic E-state index is 10.9. The van der Waals surface area contributed by atoms with Gasteiger partial charge in [0.15, 0.2) is 0 Å². The first-order valence-electron chi connectivity index (χ1n) is 8.76. The summed E-state index contributed by atoms with van der Waals surface area (Å²) in [5.74, 6) is 0.317. The Labute approximate surface area is 171 Å². The molecule has 3 aromatic rings. The van der Waals surface area contributed by atoms with Crippen LogP contribution in [0.1, 0.15) is 12.5 Å². The van der Waals surface area contributed by atoms with Gasteiger partial charge in [-0.05, 0) is 27.1 Å². The van der Waals surface area contributed by atoms with E-state index in [9.17, 15) is 4.79 Å². The number of rotatable bonds is 8. The molecule has 0 spiro atoms. The number of ether oxygens (including phenoxy) is 1. The van der Waals surface area contributed by atoms with Crippen molar-refractivity contribution < 1.29 is 9.53 Å². The van der Waals surface area contributed by atoms with Crippen LogP contribution in [0.2, 0.25) is 0 Å². The van der Waals surface area contributed by atoms with Crippen LogP contribution in [-0.2, 0) is 11.4 Å². The molecule has 1 aromatic heterocycles. The van der Waals surface area contributed by atoms with Crippen LogP contribution in [0.3, 0.4) is 0 Å². The van der Waals surface area contributed by atoms with E-state index < -0.39 is 0 Å². The normalized spacial score (nSPS) is 10.4. The Balaban J connectivity index is 1.63. The minimum Gasteiger partial charge on any atom is -0.458 e. The molecule has 0 bridgehead atoms. The Bertz CT molecular complexity index is 937. The number of nitrogens with one attached hydrogen (secondary N) is 2. The van der Waals surface area contributed by atoms with E-state index in [-0.39, 0.29) is 11.9 Å². The molecule has 0 atom stereocenters. The predicted octanol–water partition coefficient (Wildman–Crippen LogP) is 3.43. The van der Waals surface area contributed by atoms with Crippen molar-refractivity contribution in [2.24, 2.45) is 0 Å². The van der Waals surface area contributed by atoms with Crippen molar-refractivity contribution in [3.8, 4) is 17.1 Å². The van der Waals surface area contributed by atoms with Crippen molar-refractivity contribution in [2.45, 2.75) is 13.5 Å². The maximum Gasteiger partial charge on any atom is 0.321 e. The van der Waals surface area contributed by atoms with Gasteiger partial charge >= 0.3 is 6.01 Å². The summed E-state index contributed by atoms with van der Waals surface area (Å²) in [7, 11) is 0. The highest BCUT2D eigenvalue weighted by Crippen LogP contribution is 2.31. The molecule has 144 valence electrons. The molecule has 0 saturated carbocycles. The minimum absolute atomic E-state index is 0.0789. The molecule has 2 aromatic carbocycles. The van der Waals surface area contributed by atoms with Gasteiger partial charge in [-0.25, -0.2) is 4.98 Å². The van der Waals surface area contributed by atoms with Crippen molar-refractivity contribution in [3.63, 3.8) is 0 Å². The van der Waals surface area contributed by atoms with Crippen LogP contribution >= 0.6 is 15.9 Å². The first kappa shape index (κ1) is 19.8. The molecule has 0 fully saturated rings. The van der Waals surface area contributed by atoms with E-state index in [1.807, 2.05) is 30.3 Å². The summed E-state index contributed by atoms with van der Waals surface area (Å²) in [4.78, 5) is 23.2. The summed E-state index contributed by atoms with van der Waals surface area (Å²) in [6, 6.07) is 16.4. The molecule has 7 nitrogen and oxygen atoms in total. The van der Waals surface area contributed by atoms with E-state index in [1.54, 1.807) is 0 Å². The molecule has 0 aliphatic rings. The number of amides is 1. The highest BCUT2D eigenvalue weighted by molar-refractivity contribution is 9.10. The molecule has 8 heteroatoms. The van der Waals surface area contributed by atoms with Crippen molar-refractivity contribution >= 4 is 27.8 Å². The van der Waals surface area contributed by atoms with Crippen molar-refractivity contribution in [3.05, 3.63) is 64.9 Å². The molecule has 2 N–H and O–H groups in total. The van der Waals surface area contributed by atoms with Crippen LogP contribution in [0.25, 0.3) is 11.1 Å². The van der Waals surface area contributed by atoms with Crippen molar-refractivity contribution in [2.75, 3.05) is 18.4 Å². The Morgan fingerprint density at radius 1 is 1.07 bits per heavy atom. The van der Waals surface area contributed by atoms with Crippen LogP contribution < -0.4 is 15.4 Å². The van der Waals surface area contributed by atoms with E-state index in [1.165, 1.54) is 13.3 Å². The molecule has 1 amide bonds. The van der Waals surface area contributed by atoms with Gasteiger partial charge in [-0.15, -0.1) is 0 Å². The topological polar surface area (TPSA) is 89.0 Å². The molecule has 0 radical (unpaired) electrons. The zero-order chi connectivity index (χ0) is 19.8. The predicted molar refractivity (Wildman–Crippen MR) is 111 cm³/mol. The van der Waals surface area contributed by atoms with Crippen LogP contribution in [-0.4, -0.2) is 33.9 Å². The number of halogens is 1. The average molecular weight is 442 g/mol. The SMILES string of the molecule is CC(=O)NCCNc1ncnc(OCc2cccc(-c3ccccc3)c2Br)n1. The van der Waals surface area contributed by atoms with Crippen LogP contribution in [0, 0.1) is 0 Å². The van der Waals surface area contributed by atoms with Gasteiger partial charge in [0.2, 0.25) is 11.9 Å². The molecule has 1 heterocycles. The quantitative estimate of drug-likeness (QED) is 0.520. The smallest absolute Gasteiger partial charge is 0.321 e. The zero-order valence-corrected chi connectivity index (χ0v) is 16.9. The molecular weight excluding hydrogens is 422 g/mol. The number of aromatic nitrogens is 3. The molecule has 0 aliphatic heterocycles. The fourth-order valence-electron chi connectivity index (χ4n) is 2.52. The lowest BCUT2D eigenvalue weighted by molar-refractivity contribution is -0.118. The number of anilines is 1.